The van der Waals surface area contributed by atoms with Crippen molar-refractivity contribution in [2.24, 2.45) is 0 Å². The van der Waals surface area contributed by atoms with E-state index in [4.69, 9.17) is 0 Å². The van der Waals surface area contributed by atoms with Gasteiger partial charge in [0.25, 0.3) is 0 Å². The van der Waals surface area contributed by atoms with Crippen LogP contribution in [-0.2, 0) is 6.42 Å². The smallest absolute Gasteiger partial charge is 0.0397 e. The van der Waals surface area contributed by atoms with E-state index in [1.165, 1.54) is 55.6 Å². The number of rotatable bonds is 1. The normalized spacial score (nSPS) is 24.6. The molecule has 86 valence electrons. The number of benzene rings is 1. The average molecular weight is 216 g/mol. The van der Waals surface area contributed by atoms with E-state index in [0.717, 1.165) is 0 Å². The summed E-state index contributed by atoms with van der Waals surface area (Å²) in [5.74, 6) is 0. The highest BCUT2D eigenvalue weighted by Gasteiger charge is 2.19. The number of hydrogen-bond acceptors (Lipinski definition) is 2. The van der Waals surface area contributed by atoms with Crippen LogP contribution in [0.4, 0.5) is 5.69 Å². The molecule has 1 aromatic rings. The van der Waals surface area contributed by atoms with Gasteiger partial charge in [0.1, 0.15) is 0 Å². The number of hydrogen-bond donors (Lipinski definition) is 1. The fourth-order valence-corrected chi connectivity index (χ4v) is 2.94. The third-order valence-corrected chi connectivity index (χ3v) is 3.94. The summed E-state index contributed by atoms with van der Waals surface area (Å²) in [5.41, 5.74) is 4.46. The van der Waals surface area contributed by atoms with Crippen molar-refractivity contribution in [2.75, 3.05) is 25.0 Å². The van der Waals surface area contributed by atoms with Crippen LogP contribution in [0.3, 0.4) is 0 Å². The second-order valence-corrected chi connectivity index (χ2v) is 5.06. The lowest BCUT2D eigenvalue weighted by atomic mass is 9.95. The highest BCUT2D eigenvalue weighted by Crippen LogP contribution is 2.31. The standard InChI is InChI=1S/C14H20N2/c1-16-9-7-12-10-11(5-6-14(12)16)13-4-2-3-8-15-13/h5-6,10,13,15H,2-4,7-9H2,1H3. The Morgan fingerprint density at radius 3 is 3.06 bits per heavy atom. The predicted octanol–water partition coefficient (Wildman–Crippen LogP) is 2.49. The molecule has 2 aliphatic rings. The van der Waals surface area contributed by atoms with Crippen molar-refractivity contribution >= 4 is 5.69 Å². The van der Waals surface area contributed by atoms with E-state index < -0.39 is 0 Å². The van der Waals surface area contributed by atoms with Crippen LogP contribution in [0.5, 0.6) is 0 Å². The second kappa shape index (κ2) is 4.10. The first-order valence-electron chi connectivity index (χ1n) is 6.42. The van der Waals surface area contributed by atoms with Crippen molar-refractivity contribution in [3.63, 3.8) is 0 Å². The van der Waals surface area contributed by atoms with Crippen molar-refractivity contribution < 1.29 is 0 Å². The zero-order chi connectivity index (χ0) is 11.0. The monoisotopic (exact) mass is 216 g/mol. The molecule has 1 unspecified atom stereocenters. The van der Waals surface area contributed by atoms with E-state index >= 15 is 0 Å². The molecule has 2 nitrogen and oxygen atoms in total. The van der Waals surface area contributed by atoms with Gasteiger partial charge in [-0.2, -0.15) is 0 Å². The van der Waals surface area contributed by atoms with Crippen LogP contribution in [0.25, 0.3) is 0 Å². The molecular weight excluding hydrogens is 196 g/mol. The number of fused-ring (bicyclic) bond motifs is 1. The Hall–Kier alpha value is -1.02. The molecule has 16 heavy (non-hydrogen) atoms. The Bertz CT molecular complexity index is 380. The Morgan fingerprint density at radius 2 is 2.25 bits per heavy atom. The molecule has 0 amide bonds. The quantitative estimate of drug-likeness (QED) is 0.776. The third-order valence-electron chi connectivity index (χ3n) is 3.94. The molecule has 0 spiro atoms. The minimum Gasteiger partial charge on any atom is -0.374 e. The lowest BCUT2D eigenvalue weighted by Gasteiger charge is -2.24. The van der Waals surface area contributed by atoms with Crippen LogP contribution < -0.4 is 10.2 Å². The Balaban J connectivity index is 1.86. The predicted molar refractivity (Wildman–Crippen MR) is 68.0 cm³/mol. The highest BCUT2D eigenvalue weighted by atomic mass is 15.1. The first kappa shape index (κ1) is 10.2. The summed E-state index contributed by atoms with van der Waals surface area (Å²) in [4.78, 5) is 2.35. The van der Waals surface area contributed by atoms with E-state index in [-0.39, 0.29) is 0 Å². The van der Waals surface area contributed by atoms with E-state index in [0.29, 0.717) is 6.04 Å². The van der Waals surface area contributed by atoms with Crippen LogP contribution in [0.2, 0.25) is 0 Å². The summed E-state index contributed by atoms with van der Waals surface area (Å²) < 4.78 is 0. The maximum atomic E-state index is 3.62. The van der Waals surface area contributed by atoms with Crippen LogP contribution in [-0.4, -0.2) is 20.1 Å². The zero-order valence-corrected chi connectivity index (χ0v) is 10.00. The van der Waals surface area contributed by atoms with Crippen LogP contribution in [0.1, 0.15) is 36.4 Å². The Morgan fingerprint density at radius 1 is 1.31 bits per heavy atom. The van der Waals surface area contributed by atoms with Gasteiger partial charge in [0.05, 0.1) is 0 Å². The SMILES string of the molecule is CN1CCc2cc(C3CCCCN3)ccc21. The van der Waals surface area contributed by atoms with E-state index in [1.807, 2.05) is 0 Å². The molecule has 2 heterocycles. The molecule has 0 bridgehead atoms. The number of anilines is 1. The number of nitrogens with one attached hydrogen (secondary N) is 1. The summed E-state index contributed by atoms with van der Waals surface area (Å²) in [5, 5.41) is 3.62. The van der Waals surface area contributed by atoms with E-state index in [9.17, 15) is 0 Å². The van der Waals surface area contributed by atoms with Gasteiger partial charge in [-0.15, -0.1) is 0 Å². The topological polar surface area (TPSA) is 15.3 Å². The van der Waals surface area contributed by atoms with Gasteiger partial charge in [0.2, 0.25) is 0 Å². The summed E-state index contributed by atoms with van der Waals surface area (Å²) in [7, 11) is 2.18. The Labute approximate surface area is 97.6 Å². The van der Waals surface area contributed by atoms with E-state index in [2.05, 4.69) is 35.5 Å². The molecule has 1 N–H and O–H groups in total. The zero-order valence-electron chi connectivity index (χ0n) is 10.00. The van der Waals surface area contributed by atoms with Gasteiger partial charge in [0.15, 0.2) is 0 Å². The first-order chi connectivity index (χ1) is 7.84. The molecule has 3 rings (SSSR count). The third kappa shape index (κ3) is 1.71. The molecule has 0 radical (unpaired) electrons. The number of likely N-dealkylation sites (N-methyl/N-ethyl adjacent to an activating group) is 1. The molecule has 1 saturated heterocycles. The maximum Gasteiger partial charge on any atom is 0.0397 e. The fraction of sp³-hybridized carbons (Fsp3) is 0.571. The molecule has 0 saturated carbocycles. The van der Waals surface area contributed by atoms with Crippen molar-refractivity contribution in [1.82, 2.24) is 5.32 Å². The summed E-state index contributed by atoms with van der Waals surface area (Å²) >= 11 is 0. The van der Waals surface area contributed by atoms with Gasteiger partial charge >= 0.3 is 0 Å². The van der Waals surface area contributed by atoms with Gasteiger partial charge < -0.3 is 10.2 Å². The molecule has 1 atom stereocenters. The van der Waals surface area contributed by atoms with Crippen molar-refractivity contribution in [3.05, 3.63) is 29.3 Å². The minimum absolute atomic E-state index is 0.602. The van der Waals surface area contributed by atoms with Gasteiger partial charge in [-0.25, -0.2) is 0 Å². The maximum absolute atomic E-state index is 3.62. The molecule has 0 aliphatic carbocycles. The van der Waals surface area contributed by atoms with Crippen LogP contribution in [0, 0.1) is 0 Å². The molecular formula is C14H20N2. The largest absolute Gasteiger partial charge is 0.374 e. The van der Waals surface area contributed by atoms with Crippen molar-refractivity contribution in [3.8, 4) is 0 Å². The molecule has 2 aliphatic heterocycles. The molecule has 0 aromatic heterocycles. The highest BCUT2D eigenvalue weighted by molar-refractivity contribution is 5.58. The lowest BCUT2D eigenvalue weighted by Crippen LogP contribution is -2.26. The van der Waals surface area contributed by atoms with Gasteiger partial charge in [-0.05, 0) is 43.0 Å². The van der Waals surface area contributed by atoms with Crippen LogP contribution >= 0.6 is 0 Å². The summed E-state index contributed by atoms with van der Waals surface area (Å²) in [6.07, 6.45) is 5.22. The minimum atomic E-state index is 0.602. The van der Waals surface area contributed by atoms with Gasteiger partial charge in [0, 0.05) is 25.3 Å². The summed E-state index contributed by atoms with van der Waals surface area (Å²) in [6, 6.07) is 7.63. The van der Waals surface area contributed by atoms with Crippen molar-refractivity contribution in [2.45, 2.75) is 31.7 Å². The number of nitrogens with zero attached hydrogens (tertiary/aromatic N) is 1. The fourth-order valence-electron chi connectivity index (χ4n) is 2.94. The lowest BCUT2D eigenvalue weighted by molar-refractivity contribution is 0.412. The average Bonchev–Trinajstić information content (AvgIpc) is 2.72. The van der Waals surface area contributed by atoms with Gasteiger partial charge in [-0.1, -0.05) is 18.6 Å². The molecule has 2 heteroatoms. The van der Waals surface area contributed by atoms with Crippen LogP contribution in [0.15, 0.2) is 18.2 Å². The first-order valence-corrected chi connectivity index (χ1v) is 6.42. The van der Waals surface area contributed by atoms with Crippen molar-refractivity contribution in [1.29, 1.82) is 0 Å². The summed E-state index contributed by atoms with van der Waals surface area (Å²) in [6.45, 7) is 2.36. The second-order valence-electron chi connectivity index (χ2n) is 5.06. The molecule has 1 aromatic carbocycles. The van der Waals surface area contributed by atoms with E-state index in [1.54, 1.807) is 0 Å². The Kier molecular flexibility index (Phi) is 2.60. The van der Waals surface area contributed by atoms with Gasteiger partial charge in [-0.3, -0.25) is 0 Å². The number of piperidine rings is 1. The molecule has 1 fully saturated rings.